The standard InChI is InChI=1S/C16H20F4N2O/c1-22(12-4-2-3-5-12)9-8-21-15(23)11-6-7-14(17)13(10-11)16(18,19)20/h6-7,10,12H,2-5,8-9H2,1H3,(H,21,23). The molecule has 3 nitrogen and oxygen atoms in total. The topological polar surface area (TPSA) is 32.3 Å². The molecule has 1 N–H and O–H groups in total. The summed E-state index contributed by atoms with van der Waals surface area (Å²) in [6, 6.07) is 2.78. The van der Waals surface area contributed by atoms with Crippen molar-refractivity contribution in [2.75, 3.05) is 20.1 Å². The predicted octanol–water partition coefficient (Wildman–Crippen LogP) is 3.45. The van der Waals surface area contributed by atoms with Gasteiger partial charge in [0.1, 0.15) is 5.82 Å². The molecule has 0 radical (unpaired) electrons. The number of carbonyl (C=O) groups excluding carboxylic acids is 1. The van der Waals surface area contributed by atoms with Gasteiger partial charge in [-0.2, -0.15) is 13.2 Å². The Bertz CT molecular complexity index is 554. The highest BCUT2D eigenvalue weighted by atomic mass is 19.4. The van der Waals surface area contributed by atoms with Crippen LogP contribution in [-0.2, 0) is 6.18 Å². The fraction of sp³-hybridized carbons (Fsp3) is 0.562. The van der Waals surface area contributed by atoms with Crippen LogP contribution in [0.2, 0.25) is 0 Å². The molecule has 0 spiro atoms. The first kappa shape index (κ1) is 17.7. The lowest BCUT2D eigenvalue weighted by atomic mass is 10.1. The van der Waals surface area contributed by atoms with Crippen molar-refractivity contribution in [3.05, 3.63) is 35.1 Å². The molecule has 23 heavy (non-hydrogen) atoms. The highest BCUT2D eigenvalue weighted by Gasteiger charge is 2.34. The zero-order valence-corrected chi connectivity index (χ0v) is 12.9. The number of hydrogen-bond donors (Lipinski definition) is 1. The molecule has 0 atom stereocenters. The third-order valence-corrected chi connectivity index (χ3v) is 4.23. The van der Waals surface area contributed by atoms with Crippen LogP contribution in [0.25, 0.3) is 0 Å². The number of amides is 1. The molecule has 1 saturated carbocycles. The molecule has 1 aromatic rings. The smallest absolute Gasteiger partial charge is 0.351 e. The van der Waals surface area contributed by atoms with Gasteiger partial charge < -0.3 is 10.2 Å². The van der Waals surface area contributed by atoms with Gasteiger partial charge in [-0.3, -0.25) is 4.79 Å². The summed E-state index contributed by atoms with van der Waals surface area (Å²) >= 11 is 0. The molecule has 0 unspecified atom stereocenters. The molecule has 1 aliphatic rings. The van der Waals surface area contributed by atoms with Crippen LogP contribution < -0.4 is 5.32 Å². The number of carbonyl (C=O) groups is 1. The van der Waals surface area contributed by atoms with Gasteiger partial charge in [-0.25, -0.2) is 4.39 Å². The Balaban J connectivity index is 1.90. The normalized spacial score (nSPS) is 16.1. The molecule has 0 heterocycles. The average molecular weight is 332 g/mol. The molecule has 0 aliphatic heterocycles. The lowest BCUT2D eigenvalue weighted by Gasteiger charge is -2.23. The highest BCUT2D eigenvalue weighted by molar-refractivity contribution is 5.94. The number of alkyl halides is 3. The zero-order valence-electron chi connectivity index (χ0n) is 12.9. The van der Waals surface area contributed by atoms with Gasteiger partial charge in [0.15, 0.2) is 0 Å². The quantitative estimate of drug-likeness (QED) is 0.838. The van der Waals surface area contributed by atoms with Gasteiger partial charge >= 0.3 is 6.18 Å². The van der Waals surface area contributed by atoms with Crippen molar-refractivity contribution in [1.29, 1.82) is 0 Å². The van der Waals surface area contributed by atoms with Crippen molar-refractivity contribution in [3.63, 3.8) is 0 Å². The Morgan fingerprint density at radius 2 is 1.96 bits per heavy atom. The molecular weight excluding hydrogens is 312 g/mol. The second kappa shape index (κ2) is 7.29. The molecule has 1 fully saturated rings. The first-order chi connectivity index (χ1) is 10.8. The minimum absolute atomic E-state index is 0.192. The predicted molar refractivity (Wildman–Crippen MR) is 78.6 cm³/mol. The average Bonchev–Trinajstić information content (AvgIpc) is 3.00. The lowest BCUT2D eigenvalue weighted by Crippen LogP contribution is -2.37. The van der Waals surface area contributed by atoms with Crippen molar-refractivity contribution < 1.29 is 22.4 Å². The molecule has 2 rings (SSSR count). The summed E-state index contributed by atoms with van der Waals surface area (Å²) in [5, 5.41) is 2.58. The van der Waals surface area contributed by atoms with Gasteiger partial charge in [-0.15, -0.1) is 0 Å². The van der Waals surface area contributed by atoms with Crippen LogP contribution in [-0.4, -0.2) is 37.0 Å². The van der Waals surface area contributed by atoms with Gasteiger partial charge in [0.25, 0.3) is 5.91 Å². The number of rotatable bonds is 5. The van der Waals surface area contributed by atoms with Crippen molar-refractivity contribution in [1.82, 2.24) is 10.2 Å². The van der Waals surface area contributed by atoms with E-state index in [0.29, 0.717) is 31.3 Å². The molecule has 0 aromatic heterocycles. The Kier molecular flexibility index (Phi) is 5.62. The number of hydrogen-bond acceptors (Lipinski definition) is 2. The van der Waals surface area contributed by atoms with E-state index in [9.17, 15) is 22.4 Å². The van der Waals surface area contributed by atoms with Crippen LogP contribution in [0.15, 0.2) is 18.2 Å². The number of likely N-dealkylation sites (N-methyl/N-ethyl adjacent to an activating group) is 1. The molecule has 0 bridgehead atoms. The summed E-state index contributed by atoms with van der Waals surface area (Å²) in [5.41, 5.74) is -1.62. The number of halogens is 4. The van der Waals surface area contributed by atoms with Gasteiger partial charge in [0, 0.05) is 24.7 Å². The van der Waals surface area contributed by atoms with E-state index in [1.165, 1.54) is 12.8 Å². The van der Waals surface area contributed by atoms with Gasteiger partial charge in [0.05, 0.1) is 5.56 Å². The maximum absolute atomic E-state index is 13.2. The van der Waals surface area contributed by atoms with Gasteiger partial charge in [0.2, 0.25) is 0 Å². The van der Waals surface area contributed by atoms with Crippen molar-refractivity contribution in [3.8, 4) is 0 Å². The third kappa shape index (κ3) is 4.67. The second-order valence-electron chi connectivity index (χ2n) is 5.87. The number of benzene rings is 1. The summed E-state index contributed by atoms with van der Waals surface area (Å²) in [7, 11) is 1.97. The maximum Gasteiger partial charge on any atom is 0.419 e. The summed E-state index contributed by atoms with van der Waals surface area (Å²) in [5.74, 6) is -2.01. The molecule has 1 aliphatic carbocycles. The van der Waals surface area contributed by atoms with Crippen LogP contribution in [0.3, 0.4) is 0 Å². The van der Waals surface area contributed by atoms with Crippen molar-refractivity contribution >= 4 is 5.91 Å². The minimum atomic E-state index is -4.82. The summed E-state index contributed by atoms with van der Waals surface area (Å²) in [4.78, 5) is 14.1. The van der Waals surface area contributed by atoms with E-state index in [0.717, 1.165) is 18.9 Å². The first-order valence-corrected chi connectivity index (χ1v) is 7.64. The molecule has 1 aromatic carbocycles. The second-order valence-corrected chi connectivity index (χ2v) is 5.87. The van der Waals surface area contributed by atoms with E-state index in [-0.39, 0.29) is 5.56 Å². The Morgan fingerprint density at radius 1 is 1.30 bits per heavy atom. The van der Waals surface area contributed by atoms with Crippen LogP contribution in [0.4, 0.5) is 17.6 Å². The van der Waals surface area contributed by atoms with E-state index >= 15 is 0 Å². The lowest BCUT2D eigenvalue weighted by molar-refractivity contribution is -0.140. The summed E-state index contributed by atoms with van der Waals surface area (Å²) in [6.45, 7) is 0.967. The Hall–Kier alpha value is -1.63. The minimum Gasteiger partial charge on any atom is -0.351 e. The van der Waals surface area contributed by atoms with Crippen molar-refractivity contribution in [2.24, 2.45) is 0 Å². The largest absolute Gasteiger partial charge is 0.419 e. The fourth-order valence-electron chi connectivity index (χ4n) is 2.86. The first-order valence-electron chi connectivity index (χ1n) is 7.64. The molecule has 7 heteroatoms. The van der Waals surface area contributed by atoms with Crippen LogP contribution >= 0.6 is 0 Å². The van der Waals surface area contributed by atoms with Crippen LogP contribution in [0, 0.1) is 5.82 Å². The Labute approximate surface area is 132 Å². The van der Waals surface area contributed by atoms with E-state index in [1.807, 2.05) is 7.05 Å². The third-order valence-electron chi connectivity index (χ3n) is 4.23. The molecule has 128 valence electrons. The maximum atomic E-state index is 13.2. The fourth-order valence-corrected chi connectivity index (χ4v) is 2.86. The van der Waals surface area contributed by atoms with Gasteiger partial charge in [-0.1, -0.05) is 12.8 Å². The summed E-state index contributed by atoms with van der Waals surface area (Å²) < 4.78 is 51.1. The SMILES string of the molecule is CN(CCNC(=O)c1ccc(F)c(C(F)(F)F)c1)C1CCCC1. The van der Waals surface area contributed by atoms with E-state index in [1.54, 1.807) is 0 Å². The van der Waals surface area contributed by atoms with Crippen LogP contribution in [0.5, 0.6) is 0 Å². The van der Waals surface area contributed by atoms with Gasteiger partial charge in [-0.05, 0) is 38.1 Å². The monoisotopic (exact) mass is 332 g/mol. The molecule has 1 amide bonds. The van der Waals surface area contributed by atoms with E-state index < -0.39 is 23.5 Å². The molecule has 0 saturated heterocycles. The van der Waals surface area contributed by atoms with Crippen molar-refractivity contribution in [2.45, 2.75) is 37.9 Å². The van der Waals surface area contributed by atoms with E-state index in [4.69, 9.17) is 0 Å². The zero-order chi connectivity index (χ0) is 17.0. The van der Waals surface area contributed by atoms with Crippen LogP contribution in [0.1, 0.15) is 41.6 Å². The molecular formula is C16H20F4N2O. The number of nitrogens with zero attached hydrogens (tertiary/aromatic N) is 1. The Morgan fingerprint density at radius 3 is 2.57 bits per heavy atom. The summed E-state index contributed by atoms with van der Waals surface area (Å²) in [6.07, 6.45) is -0.133. The van der Waals surface area contributed by atoms with E-state index in [2.05, 4.69) is 10.2 Å². The highest BCUT2D eigenvalue weighted by Crippen LogP contribution is 2.31. The number of nitrogens with one attached hydrogen (secondary N) is 1.